The van der Waals surface area contributed by atoms with Crippen molar-refractivity contribution in [3.63, 3.8) is 0 Å². The van der Waals surface area contributed by atoms with Crippen LogP contribution in [-0.2, 0) is 0 Å². The quantitative estimate of drug-likeness (QED) is 0.602. The van der Waals surface area contributed by atoms with E-state index in [1.165, 1.54) is 18.2 Å². The zero-order valence-electron chi connectivity index (χ0n) is 11.2. The van der Waals surface area contributed by atoms with Crippen molar-refractivity contribution in [3.8, 4) is 11.5 Å². The number of hydrazone groups is 1. The fraction of sp³-hybridized carbons (Fsp3) is 0.0667. The number of nitrogens with zero attached hydrogens (tertiary/aromatic N) is 1. The number of carbonyl (C=O) groups is 1. The minimum atomic E-state index is -0.541. The molecule has 1 amide bonds. The highest BCUT2D eigenvalue weighted by Gasteiger charge is 2.10. The summed E-state index contributed by atoms with van der Waals surface area (Å²) in [7, 11) is 0. The molecule has 0 radical (unpaired) electrons. The van der Waals surface area contributed by atoms with Crippen LogP contribution in [0.25, 0.3) is 0 Å². The molecule has 0 aliphatic carbocycles. The lowest BCUT2D eigenvalue weighted by molar-refractivity contribution is 0.0952. The first-order valence-electron chi connectivity index (χ1n) is 6.10. The van der Waals surface area contributed by atoms with E-state index >= 15 is 0 Å². The monoisotopic (exact) mass is 304 g/mol. The Morgan fingerprint density at radius 1 is 1.10 bits per heavy atom. The first-order valence-corrected chi connectivity index (χ1v) is 6.48. The average Bonchev–Trinajstić information content (AvgIpc) is 2.45. The molecule has 0 bridgehead atoms. The molecule has 2 aromatic rings. The number of carbonyl (C=O) groups excluding carboxylic acids is 1. The maximum atomic E-state index is 11.9. The van der Waals surface area contributed by atoms with Crippen LogP contribution >= 0.6 is 11.6 Å². The van der Waals surface area contributed by atoms with E-state index in [1.54, 1.807) is 31.2 Å². The van der Waals surface area contributed by atoms with E-state index < -0.39 is 5.91 Å². The van der Waals surface area contributed by atoms with Crippen molar-refractivity contribution in [2.75, 3.05) is 0 Å². The van der Waals surface area contributed by atoms with Crippen molar-refractivity contribution in [1.82, 2.24) is 5.43 Å². The highest BCUT2D eigenvalue weighted by Crippen LogP contribution is 2.22. The van der Waals surface area contributed by atoms with Gasteiger partial charge in [0.25, 0.3) is 5.91 Å². The summed E-state index contributed by atoms with van der Waals surface area (Å²) in [6, 6.07) is 10.7. The van der Waals surface area contributed by atoms with E-state index in [-0.39, 0.29) is 17.1 Å². The first kappa shape index (κ1) is 14.9. The molecule has 0 aromatic heterocycles. The molecular formula is C15H13ClN2O3. The molecule has 0 saturated carbocycles. The molecule has 0 fully saturated rings. The minimum absolute atomic E-state index is 0.0273. The standard InChI is InChI=1S/C15H13ClN2O3/c1-9(11-7-6-10(16)8-14(11)20)17-18-15(21)12-4-2-3-5-13(12)19/h2-8,19-20H,1H3,(H,18,21). The predicted molar refractivity (Wildman–Crippen MR) is 80.9 cm³/mol. The zero-order valence-corrected chi connectivity index (χ0v) is 11.9. The first-order chi connectivity index (χ1) is 9.99. The molecule has 108 valence electrons. The smallest absolute Gasteiger partial charge is 0.275 e. The van der Waals surface area contributed by atoms with Crippen molar-refractivity contribution in [2.24, 2.45) is 5.10 Å². The summed E-state index contributed by atoms with van der Waals surface area (Å²) in [6.45, 7) is 1.63. The minimum Gasteiger partial charge on any atom is -0.507 e. The van der Waals surface area contributed by atoms with E-state index in [1.807, 2.05) is 0 Å². The van der Waals surface area contributed by atoms with Crippen molar-refractivity contribution in [2.45, 2.75) is 6.92 Å². The molecule has 3 N–H and O–H groups in total. The van der Waals surface area contributed by atoms with Crippen LogP contribution in [0.4, 0.5) is 0 Å². The summed E-state index contributed by atoms with van der Waals surface area (Å²) in [5, 5.41) is 23.7. The Morgan fingerprint density at radius 3 is 2.48 bits per heavy atom. The zero-order chi connectivity index (χ0) is 15.4. The van der Waals surface area contributed by atoms with Gasteiger partial charge >= 0.3 is 0 Å². The van der Waals surface area contributed by atoms with Gasteiger partial charge in [-0.1, -0.05) is 23.7 Å². The number of aromatic hydroxyl groups is 2. The molecule has 0 saturated heterocycles. The van der Waals surface area contributed by atoms with Crippen molar-refractivity contribution >= 4 is 23.2 Å². The summed E-state index contributed by atoms with van der Waals surface area (Å²) in [5.41, 5.74) is 3.31. The van der Waals surface area contributed by atoms with E-state index in [2.05, 4.69) is 10.5 Å². The molecule has 2 aromatic carbocycles. The Bertz CT molecular complexity index is 714. The molecule has 21 heavy (non-hydrogen) atoms. The van der Waals surface area contributed by atoms with Gasteiger partial charge < -0.3 is 10.2 Å². The van der Waals surface area contributed by atoms with Gasteiger partial charge in [-0.25, -0.2) is 5.43 Å². The SMILES string of the molecule is CC(=NNC(=O)c1ccccc1O)c1ccc(Cl)cc1O. The summed E-state index contributed by atoms with van der Waals surface area (Å²) >= 11 is 5.75. The van der Waals surface area contributed by atoms with Gasteiger partial charge in [-0.2, -0.15) is 5.10 Å². The van der Waals surface area contributed by atoms with Crippen molar-refractivity contribution in [1.29, 1.82) is 0 Å². The highest BCUT2D eigenvalue weighted by molar-refractivity contribution is 6.30. The molecule has 2 rings (SSSR count). The lowest BCUT2D eigenvalue weighted by Crippen LogP contribution is -2.19. The number of hydrogen-bond acceptors (Lipinski definition) is 4. The highest BCUT2D eigenvalue weighted by atomic mass is 35.5. The van der Waals surface area contributed by atoms with Gasteiger partial charge in [0, 0.05) is 10.6 Å². The van der Waals surface area contributed by atoms with Crippen LogP contribution in [0.5, 0.6) is 11.5 Å². The maximum absolute atomic E-state index is 11.9. The Balaban J connectivity index is 2.17. The molecular weight excluding hydrogens is 292 g/mol. The second-order valence-electron chi connectivity index (χ2n) is 4.32. The lowest BCUT2D eigenvalue weighted by Gasteiger charge is -2.06. The van der Waals surface area contributed by atoms with Crippen LogP contribution in [0.2, 0.25) is 5.02 Å². The van der Waals surface area contributed by atoms with Gasteiger partial charge in [0.05, 0.1) is 11.3 Å². The molecule has 0 unspecified atom stereocenters. The Kier molecular flexibility index (Phi) is 4.45. The van der Waals surface area contributed by atoms with Crippen LogP contribution in [-0.4, -0.2) is 21.8 Å². The molecule has 0 aliphatic rings. The second-order valence-corrected chi connectivity index (χ2v) is 4.75. The predicted octanol–water partition coefficient (Wildman–Crippen LogP) is 2.91. The topological polar surface area (TPSA) is 81.9 Å². The largest absolute Gasteiger partial charge is 0.507 e. The summed E-state index contributed by atoms with van der Waals surface area (Å²) in [4.78, 5) is 11.9. The molecule has 0 atom stereocenters. The number of nitrogens with one attached hydrogen (secondary N) is 1. The second kappa shape index (κ2) is 6.28. The third-order valence-corrected chi connectivity index (χ3v) is 3.06. The van der Waals surface area contributed by atoms with Crippen LogP contribution < -0.4 is 5.43 Å². The summed E-state index contributed by atoms with van der Waals surface area (Å²) in [6.07, 6.45) is 0. The molecule has 6 heteroatoms. The molecule has 0 spiro atoms. The van der Waals surface area contributed by atoms with Crippen LogP contribution in [0.3, 0.4) is 0 Å². The fourth-order valence-electron chi connectivity index (χ4n) is 1.73. The fourth-order valence-corrected chi connectivity index (χ4v) is 1.90. The van der Waals surface area contributed by atoms with Gasteiger partial charge in [-0.15, -0.1) is 0 Å². The van der Waals surface area contributed by atoms with E-state index in [0.717, 1.165) is 0 Å². The number of phenols is 2. The Hall–Kier alpha value is -2.53. The number of para-hydroxylation sites is 1. The molecule has 0 aliphatic heterocycles. The average molecular weight is 305 g/mol. The number of hydrogen-bond donors (Lipinski definition) is 3. The number of halogens is 1. The number of benzene rings is 2. The summed E-state index contributed by atoms with van der Waals surface area (Å²) in [5.74, 6) is -0.696. The van der Waals surface area contributed by atoms with E-state index in [9.17, 15) is 15.0 Å². The third kappa shape index (κ3) is 3.52. The normalized spacial score (nSPS) is 11.2. The van der Waals surface area contributed by atoms with Gasteiger partial charge in [-0.3, -0.25) is 4.79 Å². The van der Waals surface area contributed by atoms with Gasteiger partial charge in [0.2, 0.25) is 0 Å². The number of rotatable bonds is 3. The van der Waals surface area contributed by atoms with Gasteiger partial charge in [-0.05, 0) is 37.3 Å². The van der Waals surface area contributed by atoms with Crippen LogP contribution in [0.1, 0.15) is 22.8 Å². The van der Waals surface area contributed by atoms with Crippen LogP contribution in [0.15, 0.2) is 47.6 Å². The number of phenolic OH excluding ortho intramolecular Hbond substituents is 2. The van der Waals surface area contributed by atoms with E-state index in [4.69, 9.17) is 11.6 Å². The number of amides is 1. The molecule has 5 nitrogen and oxygen atoms in total. The third-order valence-electron chi connectivity index (χ3n) is 2.82. The Morgan fingerprint density at radius 2 is 1.81 bits per heavy atom. The van der Waals surface area contributed by atoms with Gasteiger partial charge in [0.15, 0.2) is 0 Å². The van der Waals surface area contributed by atoms with E-state index in [0.29, 0.717) is 16.3 Å². The molecule has 0 heterocycles. The lowest BCUT2D eigenvalue weighted by atomic mass is 10.1. The Labute approximate surface area is 126 Å². The van der Waals surface area contributed by atoms with Crippen LogP contribution in [0, 0.1) is 0 Å². The van der Waals surface area contributed by atoms with Crippen molar-refractivity contribution < 1.29 is 15.0 Å². The maximum Gasteiger partial charge on any atom is 0.275 e. The van der Waals surface area contributed by atoms with Gasteiger partial charge in [0.1, 0.15) is 11.5 Å². The summed E-state index contributed by atoms with van der Waals surface area (Å²) < 4.78 is 0. The van der Waals surface area contributed by atoms with Crippen molar-refractivity contribution in [3.05, 3.63) is 58.6 Å².